The number of carbonyl (C=O) groups is 1. The van der Waals surface area contributed by atoms with Crippen molar-refractivity contribution in [1.82, 2.24) is 0 Å². The average molecular weight is 314 g/mol. The highest BCUT2D eigenvalue weighted by Crippen LogP contribution is 2.33. The van der Waals surface area contributed by atoms with E-state index in [1.165, 1.54) is 6.92 Å². The molecule has 0 atom stereocenters. The Morgan fingerprint density at radius 2 is 1.48 bits per heavy atom. The van der Waals surface area contributed by atoms with Gasteiger partial charge in [-0.1, -0.05) is 38.1 Å². The molecule has 4 nitrogen and oxygen atoms in total. The normalized spacial score (nSPS) is 11.1. The SMILES string of the molecule is CC(=O)OCCOc1ccc(C(C)(C)c2ccc(O)cc2)cc1. The van der Waals surface area contributed by atoms with Crippen LogP contribution in [0.1, 0.15) is 31.9 Å². The Morgan fingerprint density at radius 3 is 2.00 bits per heavy atom. The van der Waals surface area contributed by atoms with Gasteiger partial charge in [0.15, 0.2) is 0 Å². The molecule has 0 radical (unpaired) electrons. The maximum Gasteiger partial charge on any atom is 0.302 e. The van der Waals surface area contributed by atoms with E-state index >= 15 is 0 Å². The maximum atomic E-state index is 10.7. The van der Waals surface area contributed by atoms with Crippen LogP contribution < -0.4 is 4.74 Å². The van der Waals surface area contributed by atoms with E-state index in [4.69, 9.17) is 9.47 Å². The van der Waals surface area contributed by atoms with E-state index in [1.54, 1.807) is 12.1 Å². The molecule has 1 N–H and O–H groups in total. The van der Waals surface area contributed by atoms with Gasteiger partial charge in [0, 0.05) is 12.3 Å². The van der Waals surface area contributed by atoms with Gasteiger partial charge in [0.25, 0.3) is 0 Å². The van der Waals surface area contributed by atoms with Crippen LogP contribution in [-0.4, -0.2) is 24.3 Å². The molecule has 23 heavy (non-hydrogen) atoms. The molecule has 2 aromatic carbocycles. The number of benzene rings is 2. The first kappa shape index (κ1) is 16.9. The molecule has 0 aliphatic heterocycles. The van der Waals surface area contributed by atoms with Crippen molar-refractivity contribution in [3.05, 3.63) is 59.7 Å². The van der Waals surface area contributed by atoms with E-state index in [9.17, 15) is 9.90 Å². The summed E-state index contributed by atoms with van der Waals surface area (Å²) in [7, 11) is 0. The van der Waals surface area contributed by atoms with Crippen LogP contribution in [0.15, 0.2) is 48.5 Å². The summed E-state index contributed by atoms with van der Waals surface area (Å²) >= 11 is 0. The van der Waals surface area contributed by atoms with Crippen LogP contribution in [0.5, 0.6) is 11.5 Å². The Kier molecular flexibility index (Phi) is 5.27. The predicted octanol–water partition coefficient (Wildman–Crippen LogP) is 3.66. The van der Waals surface area contributed by atoms with Crippen LogP contribution in [0.3, 0.4) is 0 Å². The van der Waals surface area contributed by atoms with Crippen molar-refractivity contribution in [2.75, 3.05) is 13.2 Å². The molecule has 0 spiro atoms. The fraction of sp³-hybridized carbons (Fsp3) is 0.316. The summed E-state index contributed by atoms with van der Waals surface area (Å²) in [6.45, 7) is 6.22. The molecule has 2 aromatic rings. The first-order chi connectivity index (χ1) is 10.9. The lowest BCUT2D eigenvalue weighted by Gasteiger charge is -2.26. The van der Waals surface area contributed by atoms with Gasteiger partial charge >= 0.3 is 5.97 Å². The Hall–Kier alpha value is -2.49. The first-order valence-corrected chi connectivity index (χ1v) is 7.56. The third-order valence-electron chi connectivity index (χ3n) is 3.82. The lowest BCUT2D eigenvalue weighted by atomic mass is 9.78. The highest BCUT2D eigenvalue weighted by atomic mass is 16.6. The zero-order chi connectivity index (χ0) is 16.9. The molecular weight excluding hydrogens is 292 g/mol. The number of hydrogen-bond acceptors (Lipinski definition) is 4. The Bertz CT molecular complexity index is 642. The fourth-order valence-corrected chi connectivity index (χ4v) is 2.36. The van der Waals surface area contributed by atoms with Gasteiger partial charge in [0.2, 0.25) is 0 Å². The highest BCUT2D eigenvalue weighted by molar-refractivity contribution is 5.65. The maximum absolute atomic E-state index is 10.7. The molecule has 0 saturated heterocycles. The molecule has 0 aromatic heterocycles. The van der Waals surface area contributed by atoms with Crippen molar-refractivity contribution in [3.63, 3.8) is 0 Å². The van der Waals surface area contributed by atoms with E-state index in [-0.39, 0.29) is 23.7 Å². The van der Waals surface area contributed by atoms with Crippen molar-refractivity contribution in [2.24, 2.45) is 0 Å². The number of aromatic hydroxyl groups is 1. The summed E-state index contributed by atoms with van der Waals surface area (Å²) < 4.78 is 10.4. The molecule has 0 heterocycles. The van der Waals surface area contributed by atoms with E-state index < -0.39 is 0 Å². The van der Waals surface area contributed by atoms with Gasteiger partial charge in [-0.25, -0.2) is 0 Å². The van der Waals surface area contributed by atoms with Gasteiger partial charge in [-0.2, -0.15) is 0 Å². The number of hydrogen-bond donors (Lipinski definition) is 1. The second kappa shape index (κ2) is 7.18. The molecule has 122 valence electrons. The van der Waals surface area contributed by atoms with Crippen molar-refractivity contribution in [2.45, 2.75) is 26.2 Å². The van der Waals surface area contributed by atoms with Gasteiger partial charge in [0.1, 0.15) is 24.7 Å². The molecule has 0 unspecified atom stereocenters. The molecule has 0 aliphatic rings. The topological polar surface area (TPSA) is 55.8 Å². The molecule has 2 rings (SSSR count). The van der Waals surface area contributed by atoms with Crippen molar-refractivity contribution in [1.29, 1.82) is 0 Å². The number of ether oxygens (including phenoxy) is 2. The monoisotopic (exact) mass is 314 g/mol. The highest BCUT2D eigenvalue weighted by Gasteiger charge is 2.22. The zero-order valence-corrected chi connectivity index (χ0v) is 13.7. The average Bonchev–Trinajstić information content (AvgIpc) is 2.52. The van der Waals surface area contributed by atoms with Gasteiger partial charge < -0.3 is 14.6 Å². The van der Waals surface area contributed by atoms with Crippen LogP contribution in [0.25, 0.3) is 0 Å². The molecule has 0 amide bonds. The minimum absolute atomic E-state index is 0.177. The van der Waals surface area contributed by atoms with Crippen LogP contribution in [0.2, 0.25) is 0 Å². The molecule has 0 fully saturated rings. The summed E-state index contributed by atoms with van der Waals surface area (Å²) in [4.78, 5) is 10.7. The minimum Gasteiger partial charge on any atom is -0.508 e. The third kappa shape index (κ3) is 4.49. The molecule has 0 aliphatic carbocycles. The zero-order valence-electron chi connectivity index (χ0n) is 13.7. The van der Waals surface area contributed by atoms with E-state index in [1.807, 2.05) is 36.4 Å². The predicted molar refractivity (Wildman–Crippen MR) is 88.8 cm³/mol. The van der Waals surface area contributed by atoms with E-state index in [0.29, 0.717) is 6.61 Å². The number of phenols is 1. The smallest absolute Gasteiger partial charge is 0.302 e. The Morgan fingerprint density at radius 1 is 0.957 bits per heavy atom. The van der Waals surface area contributed by atoms with Crippen LogP contribution in [-0.2, 0) is 14.9 Å². The summed E-state index contributed by atoms with van der Waals surface area (Å²) in [6, 6.07) is 15.1. The molecular formula is C19H22O4. The number of esters is 1. The number of rotatable bonds is 6. The van der Waals surface area contributed by atoms with Crippen molar-refractivity contribution < 1.29 is 19.4 Å². The fourth-order valence-electron chi connectivity index (χ4n) is 2.36. The minimum atomic E-state index is -0.306. The van der Waals surface area contributed by atoms with Gasteiger partial charge in [-0.3, -0.25) is 4.79 Å². The van der Waals surface area contributed by atoms with Gasteiger partial charge in [-0.05, 0) is 35.4 Å². The molecule has 0 saturated carbocycles. The summed E-state index contributed by atoms with van der Waals surface area (Å²) in [5.41, 5.74) is 2.10. The van der Waals surface area contributed by atoms with Gasteiger partial charge in [-0.15, -0.1) is 0 Å². The van der Waals surface area contributed by atoms with Crippen LogP contribution >= 0.6 is 0 Å². The van der Waals surface area contributed by atoms with E-state index in [0.717, 1.165) is 16.9 Å². The summed E-state index contributed by atoms with van der Waals surface area (Å²) in [5.74, 6) is 0.697. The standard InChI is InChI=1S/C19H22O4/c1-14(20)22-12-13-23-18-10-6-16(7-11-18)19(2,3)15-4-8-17(21)9-5-15/h4-11,21H,12-13H2,1-3H3. The summed E-state index contributed by atoms with van der Waals surface area (Å²) in [6.07, 6.45) is 0. The number of phenolic OH excluding ortho intramolecular Hbond substituents is 1. The quantitative estimate of drug-likeness (QED) is 0.653. The van der Waals surface area contributed by atoms with Crippen molar-refractivity contribution >= 4 is 5.97 Å². The van der Waals surface area contributed by atoms with Crippen LogP contribution in [0, 0.1) is 0 Å². The van der Waals surface area contributed by atoms with Gasteiger partial charge in [0.05, 0.1) is 0 Å². The third-order valence-corrected chi connectivity index (χ3v) is 3.82. The van der Waals surface area contributed by atoms with Crippen LogP contribution in [0.4, 0.5) is 0 Å². The second-order valence-corrected chi connectivity index (χ2v) is 5.88. The first-order valence-electron chi connectivity index (χ1n) is 7.56. The second-order valence-electron chi connectivity index (χ2n) is 5.88. The van der Waals surface area contributed by atoms with E-state index in [2.05, 4.69) is 13.8 Å². The Balaban J connectivity index is 2.03. The lowest BCUT2D eigenvalue weighted by molar-refractivity contribution is -0.141. The summed E-state index contributed by atoms with van der Waals surface area (Å²) in [5, 5.41) is 9.42. The number of carbonyl (C=O) groups excluding carboxylic acids is 1. The largest absolute Gasteiger partial charge is 0.508 e. The van der Waals surface area contributed by atoms with Crippen molar-refractivity contribution in [3.8, 4) is 11.5 Å². The lowest BCUT2D eigenvalue weighted by Crippen LogP contribution is -2.18. The molecule has 0 bridgehead atoms. The Labute approximate surface area is 136 Å². The molecule has 4 heteroatoms.